The van der Waals surface area contributed by atoms with E-state index in [1.54, 1.807) is 12.0 Å². The summed E-state index contributed by atoms with van der Waals surface area (Å²) in [5, 5.41) is 3.40. The molecule has 1 aromatic carbocycles. The van der Waals surface area contributed by atoms with Crippen molar-refractivity contribution in [2.75, 3.05) is 33.4 Å². The molecule has 0 unspecified atom stereocenters. The summed E-state index contributed by atoms with van der Waals surface area (Å²) < 4.78 is 10.5. The molecular formula is C19H32N2O3. The van der Waals surface area contributed by atoms with Gasteiger partial charge in [-0.05, 0) is 45.7 Å². The lowest BCUT2D eigenvalue weighted by Crippen LogP contribution is -2.42. The van der Waals surface area contributed by atoms with Crippen LogP contribution in [0.15, 0.2) is 18.2 Å². The summed E-state index contributed by atoms with van der Waals surface area (Å²) in [7, 11) is 1.63. The van der Waals surface area contributed by atoms with E-state index in [9.17, 15) is 4.79 Å². The number of aryl methyl sites for hydroxylation is 2. The zero-order valence-electron chi connectivity index (χ0n) is 15.9. The molecule has 1 amide bonds. The molecule has 0 atom stereocenters. The molecule has 0 aliphatic carbocycles. The summed E-state index contributed by atoms with van der Waals surface area (Å²) in [6, 6.07) is 6.45. The lowest BCUT2D eigenvalue weighted by molar-refractivity contribution is 0.0204. The van der Waals surface area contributed by atoms with Crippen LogP contribution in [0.1, 0.15) is 37.5 Å². The normalized spacial score (nSPS) is 11.4. The highest BCUT2D eigenvalue weighted by Gasteiger charge is 2.21. The Hall–Kier alpha value is -1.59. The number of carbonyl (C=O) groups is 1. The van der Waals surface area contributed by atoms with Gasteiger partial charge in [0.05, 0.1) is 6.61 Å². The molecule has 0 aliphatic rings. The van der Waals surface area contributed by atoms with E-state index in [0.717, 1.165) is 6.54 Å². The molecule has 0 heterocycles. The summed E-state index contributed by atoms with van der Waals surface area (Å²) in [6.45, 7) is 12.9. The number of hydrogen-bond acceptors (Lipinski definition) is 4. The first-order valence-corrected chi connectivity index (χ1v) is 8.46. The fourth-order valence-electron chi connectivity index (χ4n) is 2.25. The van der Waals surface area contributed by atoms with Gasteiger partial charge in [-0.3, -0.25) is 0 Å². The summed E-state index contributed by atoms with van der Waals surface area (Å²) in [4.78, 5) is 13.9. The molecule has 0 fully saturated rings. The molecule has 136 valence electrons. The minimum Gasteiger partial charge on any atom is -0.444 e. The van der Waals surface area contributed by atoms with Crippen molar-refractivity contribution in [2.45, 2.75) is 46.8 Å². The van der Waals surface area contributed by atoms with E-state index >= 15 is 0 Å². The fraction of sp³-hybridized carbons (Fsp3) is 0.632. The lowest BCUT2D eigenvalue weighted by atomic mass is 10.1. The van der Waals surface area contributed by atoms with Crippen LogP contribution in [0.3, 0.4) is 0 Å². The van der Waals surface area contributed by atoms with Crippen molar-refractivity contribution in [1.29, 1.82) is 0 Å². The Balaban J connectivity index is 2.49. The van der Waals surface area contributed by atoms with Gasteiger partial charge in [0.1, 0.15) is 5.60 Å². The van der Waals surface area contributed by atoms with Crippen LogP contribution in [0.4, 0.5) is 4.79 Å². The molecule has 0 bridgehead atoms. The second-order valence-electron chi connectivity index (χ2n) is 7.07. The van der Waals surface area contributed by atoms with Gasteiger partial charge in [0.15, 0.2) is 0 Å². The number of nitrogens with zero attached hydrogens (tertiary/aromatic N) is 1. The first-order valence-electron chi connectivity index (χ1n) is 8.46. The molecular weight excluding hydrogens is 304 g/mol. The summed E-state index contributed by atoms with van der Waals surface area (Å²) in [6.07, 6.45) is -0.298. The van der Waals surface area contributed by atoms with E-state index in [-0.39, 0.29) is 6.09 Å². The summed E-state index contributed by atoms with van der Waals surface area (Å²) >= 11 is 0. The Morgan fingerprint density at radius 2 is 1.92 bits per heavy atom. The number of methoxy groups -OCH3 is 1. The Kier molecular flexibility index (Phi) is 8.22. The molecule has 0 aromatic heterocycles. The second-order valence-corrected chi connectivity index (χ2v) is 7.07. The number of benzene rings is 1. The van der Waals surface area contributed by atoms with Crippen molar-refractivity contribution in [3.8, 4) is 0 Å². The number of rotatable bonds is 8. The maximum atomic E-state index is 12.2. The molecule has 0 spiro atoms. The third-order valence-corrected chi connectivity index (χ3v) is 3.60. The Morgan fingerprint density at radius 3 is 2.54 bits per heavy atom. The quantitative estimate of drug-likeness (QED) is 0.740. The predicted octanol–water partition coefficient (Wildman–Crippen LogP) is 3.28. The third kappa shape index (κ3) is 7.79. The van der Waals surface area contributed by atoms with Gasteiger partial charge >= 0.3 is 6.09 Å². The van der Waals surface area contributed by atoms with Crippen LogP contribution in [-0.4, -0.2) is 49.9 Å². The van der Waals surface area contributed by atoms with Crippen LogP contribution in [0.2, 0.25) is 0 Å². The highest BCUT2D eigenvalue weighted by atomic mass is 16.6. The third-order valence-electron chi connectivity index (χ3n) is 3.60. The number of amides is 1. The van der Waals surface area contributed by atoms with Crippen LogP contribution in [-0.2, 0) is 16.0 Å². The lowest BCUT2D eigenvalue weighted by Gasteiger charge is -2.27. The van der Waals surface area contributed by atoms with E-state index in [1.807, 2.05) is 20.8 Å². The Labute approximate surface area is 146 Å². The molecule has 1 rings (SSSR count). The van der Waals surface area contributed by atoms with Crippen LogP contribution >= 0.6 is 0 Å². The van der Waals surface area contributed by atoms with Crippen LogP contribution in [0.25, 0.3) is 0 Å². The van der Waals surface area contributed by atoms with Crippen molar-refractivity contribution in [2.24, 2.45) is 0 Å². The first kappa shape index (κ1) is 20.5. The van der Waals surface area contributed by atoms with Gasteiger partial charge in [-0.2, -0.15) is 0 Å². The minimum atomic E-state index is -0.492. The van der Waals surface area contributed by atoms with Crippen molar-refractivity contribution in [3.63, 3.8) is 0 Å². The molecule has 1 N–H and O–H groups in total. The van der Waals surface area contributed by atoms with E-state index in [4.69, 9.17) is 9.47 Å². The highest BCUT2D eigenvalue weighted by molar-refractivity contribution is 5.68. The second kappa shape index (κ2) is 9.64. The number of carbonyl (C=O) groups excluding carboxylic acids is 1. The molecule has 1 aromatic rings. The average molecular weight is 336 g/mol. The molecule has 0 radical (unpaired) electrons. The Morgan fingerprint density at radius 1 is 1.21 bits per heavy atom. The first-order chi connectivity index (χ1) is 11.2. The minimum absolute atomic E-state index is 0.298. The molecule has 0 saturated heterocycles. The van der Waals surface area contributed by atoms with Gasteiger partial charge in [-0.25, -0.2) is 4.79 Å². The molecule has 24 heavy (non-hydrogen) atoms. The zero-order chi connectivity index (χ0) is 18.2. The van der Waals surface area contributed by atoms with E-state index in [0.29, 0.717) is 26.2 Å². The Bertz CT molecular complexity index is 524. The maximum Gasteiger partial charge on any atom is 0.410 e. The average Bonchev–Trinajstić information content (AvgIpc) is 2.48. The van der Waals surface area contributed by atoms with Gasteiger partial charge in [-0.1, -0.05) is 23.8 Å². The van der Waals surface area contributed by atoms with E-state index in [2.05, 4.69) is 37.4 Å². The van der Waals surface area contributed by atoms with Crippen molar-refractivity contribution >= 4 is 6.09 Å². The van der Waals surface area contributed by atoms with Crippen molar-refractivity contribution in [3.05, 3.63) is 34.9 Å². The monoisotopic (exact) mass is 336 g/mol. The molecule has 5 nitrogen and oxygen atoms in total. The SMILES string of the molecule is COCCN(CCNCc1cc(C)ccc1C)C(=O)OC(C)(C)C. The van der Waals surface area contributed by atoms with Crippen LogP contribution < -0.4 is 5.32 Å². The summed E-state index contributed by atoms with van der Waals surface area (Å²) in [5.74, 6) is 0. The van der Waals surface area contributed by atoms with E-state index in [1.165, 1.54) is 16.7 Å². The molecule has 5 heteroatoms. The topological polar surface area (TPSA) is 50.8 Å². The summed E-state index contributed by atoms with van der Waals surface area (Å²) in [5.41, 5.74) is 3.33. The van der Waals surface area contributed by atoms with Gasteiger partial charge in [0.25, 0.3) is 0 Å². The maximum absolute atomic E-state index is 12.2. The van der Waals surface area contributed by atoms with Gasteiger partial charge in [0, 0.05) is 33.3 Å². The smallest absolute Gasteiger partial charge is 0.410 e. The van der Waals surface area contributed by atoms with E-state index < -0.39 is 5.60 Å². The standard InChI is InChI=1S/C19H32N2O3/c1-15-7-8-16(2)17(13-15)14-20-9-10-21(11-12-23-6)18(22)24-19(3,4)5/h7-8,13,20H,9-12,14H2,1-6H3. The van der Waals surface area contributed by atoms with Crippen LogP contribution in [0.5, 0.6) is 0 Å². The van der Waals surface area contributed by atoms with Gasteiger partial charge in [0.2, 0.25) is 0 Å². The number of ether oxygens (including phenoxy) is 2. The molecule has 0 aliphatic heterocycles. The van der Waals surface area contributed by atoms with Gasteiger partial charge in [-0.15, -0.1) is 0 Å². The highest BCUT2D eigenvalue weighted by Crippen LogP contribution is 2.11. The van der Waals surface area contributed by atoms with Crippen molar-refractivity contribution < 1.29 is 14.3 Å². The molecule has 0 saturated carbocycles. The van der Waals surface area contributed by atoms with Gasteiger partial charge < -0.3 is 19.7 Å². The largest absolute Gasteiger partial charge is 0.444 e. The van der Waals surface area contributed by atoms with Crippen molar-refractivity contribution in [1.82, 2.24) is 10.2 Å². The predicted molar refractivity (Wildman–Crippen MR) is 97.3 cm³/mol. The van der Waals surface area contributed by atoms with Crippen LogP contribution in [0, 0.1) is 13.8 Å². The number of nitrogens with one attached hydrogen (secondary N) is 1. The number of hydrogen-bond donors (Lipinski definition) is 1. The zero-order valence-corrected chi connectivity index (χ0v) is 15.9. The fourth-order valence-corrected chi connectivity index (χ4v) is 2.25.